The second-order valence-electron chi connectivity index (χ2n) is 15.4. The van der Waals surface area contributed by atoms with Gasteiger partial charge in [0.15, 0.2) is 0 Å². The minimum atomic E-state index is 0.176. The van der Waals surface area contributed by atoms with Gasteiger partial charge in [0.1, 0.15) is 0 Å². The summed E-state index contributed by atoms with van der Waals surface area (Å²) in [5.74, 6) is 3.42. The average Bonchev–Trinajstić information content (AvgIpc) is 3.44. The zero-order valence-electron chi connectivity index (χ0n) is 27.7. The summed E-state index contributed by atoms with van der Waals surface area (Å²) in [4.78, 5) is 2.52. The van der Waals surface area contributed by atoms with E-state index in [1.165, 1.54) is 93.0 Å². The van der Waals surface area contributed by atoms with Crippen molar-refractivity contribution in [2.75, 3.05) is 4.90 Å². The third kappa shape index (κ3) is 3.93. The Bertz CT molecular complexity index is 2390. The maximum absolute atomic E-state index is 2.56. The lowest BCUT2D eigenvalue weighted by molar-refractivity contribution is -0.0399. The Morgan fingerprint density at radius 3 is 1.88 bits per heavy atom. The largest absolute Gasteiger partial charge is 0.310 e. The van der Waals surface area contributed by atoms with Crippen molar-refractivity contribution in [1.82, 2.24) is 0 Å². The number of hydrogen-bond acceptors (Lipinski definition) is 1. The van der Waals surface area contributed by atoms with E-state index in [4.69, 9.17) is 0 Å². The molecule has 0 N–H and O–H groups in total. The quantitative estimate of drug-likeness (QED) is 0.187. The van der Waals surface area contributed by atoms with E-state index >= 15 is 0 Å². The van der Waals surface area contributed by atoms with E-state index in [9.17, 15) is 0 Å². The van der Waals surface area contributed by atoms with Gasteiger partial charge in [0.2, 0.25) is 0 Å². The summed E-state index contributed by atoms with van der Waals surface area (Å²) in [6, 6.07) is 57.2. The van der Waals surface area contributed by atoms with Crippen LogP contribution in [0.2, 0.25) is 0 Å². The van der Waals surface area contributed by atoms with Crippen molar-refractivity contribution in [1.29, 1.82) is 0 Å². The first-order valence-corrected chi connectivity index (χ1v) is 18.4. The number of benzene rings is 7. The molecule has 5 aliphatic rings. The van der Waals surface area contributed by atoms with Gasteiger partial charge in [-0.25, -0.2) is 0 Å². The van der Waals surface area contributed by atoms with Gasteiger partial charge in [-0.1, -0.05) is 121 Å². The van der Waals surface area contributed by atoms with Crippen LogP contribution in [-0.2, 0) is 5.41 Å². The minimum absolute atomic E-state index is 0.176. The summed E-state index contributed by atoms with van der Waals surface area (Å²) in [5.41, 5.74) is 12.5. The zero-order chi connectivity index (χ0) is 32.1. The number of anilines is 3. The van der Waals surface area contributed by atoms with Gasteiger partial charge in [-0.3, -0.25) is 0 Å². The Labute approximate surface area is 288 Å². The zero-order valence-corrected chi connectivity index (χ0v) is 27.7. The van der Waals surface area contributed by atoms with E-state index in [-0.39, 0.29) is 5.41 Å². The predicted molar refractivity (Wildman–Crippen MR) is 205 cm³/mol. The minimum Gasteiger partial charge on any atom is -0.310 e. The molecule has 49 heavy (non-hydrogen) atoms. The van der Waals surface area contributed by atoms with Crippen LogP contribution in [0.15, 0.2) is 152 Å². The van der Waals surface area contributed by atoms with Crippen molar-refractivity contribution >= 4 is 38.6 Å². The van der Waals surface area contributed by atoms with Gasteiger partial charge in [-0.05, 0) is 136 Å². The van der Waals surface area contributed by atoms with Gasteiger partial charge in [0, 0.05) is 22.2 Å². The number of nitrogens with zero attached hydrogens (tertiary/aromatic N) is 1. The van der Waals surface area contributed by atoms with E-state index in [2.05, 4.69) is 157 Å². The fourth-order valence-electron chi connectivity index (χ4n) is 11.4. The topological polar surface area (TPSA) is 3.24 Å². The molecule has 7 aromatic carbocycles. The first kappa shape index (κ1) is 27.8. The van der Waals surface area contributed by atoms with Crippen molar-refractivity contribution in [2.24, 2.45) is 23.7 Å². The summed E-state index contributed by atoms with van der Waals surface area (Å²) in [7, 11) is 0. The first-order valence-electron chi connectivity index (χ1n) is 18.4. The van der Waals surface area contributed by atoms with Crippen LogP contribution in [-0.4, -0.2) is 0 Å². The van der Waals surface area contributed by atoms with Crippen molar-refractivity contribution < 1.29 is 0 Å². The Kier molecular flexibility index (Phi) is 5.91. The molecule has 0 radical (unpaired) electrons. The molecule has 0 heterocycles. The second-order valence-corrected chi connectivity index (χ2v) is 15.4. The standard InChI is InChI=1S/C48H39N/c1-2-11-34(12-3-1)40-21-23-47(43-16-7-6-14-41(40)43)49(38-19-18-33-10-4-5-13-35(33)29-38)39-20-22-46-44(30-39)42-15-8-9-17-45(42)48(46)36-25-31-24-32(27-36)28-37(48)26-31/h1-23,29-32,36-37H,24-28H2. The molecular weight excluding hydrogens is 591 g/mol. The van der Waals surface area contributed by atoms with E-state index in [1.54, 1.807) is 11.1 Å². The average molecular weight is 630 g/mol. The van der Waals surface area contributed by atoms with Gasteiger partial charge >= 0.3 is 0 Å². The van der Waals surface area contributed by atoms with Crippen molar-refractivity contribution in [3.8, 4) is 22.3 Å². The van der Waals surface area contributed by atoms with Crippen LogP contribution in [0.1, 0.15) is 43.2 Å². The van der Waals surface area contributed by atoms with Gasteiger partial charge < -0.3 is 4.90 Å². The molecule has 0 amide bonds. The maximum Gasteiger partial charge on any atom is 0.0540 e. The molecule has 4 bridgehead atoms. The Morgan fingerprint density at radius 1 is 0.429 bits per heavy atom. The lowest BCUT2D eigenvalue weighted by Crippen LogP contribution is -2.55. The van der Waals surface area contributed by atoms with E-state index in [0.29, 0.717) is 0 Å². The van der Waals surface area contributed by atoms with Crippen LogP contribution >= 0.6 is 0 Å². The van der Waals surface area contributed by atoms with Gasteiger partial charge in [0.25, 0.3) is 0 Å². The van der Waals surface area contributed by atoms with E-state index in [1.807, 2.05) is 0 Å². The summed E-state index contributed by atoms with van der Waals surface area (Å²) in [5, 5.41) is 5.06. The number of rotatable bonds is 4. The Balaban J connectivity index is 1.14. The van der Waals surface area contributed by atoms with Crippen molar-refractivity contribution in [3.63, 3.8) is 0 Å². The van der Waals surface area contributed by atoms with Crippen LogP contribution in [0.3, 0.4) is 0 Å². The molecular formula is C48H39N. The van der Waals surface area contributed by atoms with Crippen molar-refractivity contribution in [3.05, 3.63) is 163 Å². The van der Waals surface area contributed by atoms with Crippen LogP contribution < -0.4 is 4.90 Å². The van der Waals surface area contributed by atoms with Crippen LogP contribution in [0.5, 0.6) is 0 Å². The molecule has 4 saturated carbocycles. The Hall–Kier alpha value is -5.14. The molecule has 0 aromatic heterocycles. The smallest absolute Gasteiger partial charge is 0.0540 e. The van der Waals surface area contributed by atoms with Gasteiger partial charge in [0.05, 0.1) is 5.69 Å². The predicted octanol–water partition coefficient (Wildman–Crippen LogP) is 12.9. The molecule has 12 rings (SSSR count). The van der Waals surface area contributed by atoms with Crippen molar-refractivity contribution in [2.45, 2.75) is 37.5 Å². The van der Waals surface area contributed by atoms with E-state index in [0.717, 1.165) is 23.7 Å². The molecule has 236 valence electrons. The van der Waals surface area contributed by atoms with Gasteiger partial charge in [-0.2, -0.15) is 0 Å². The summed E-state index contributed by atoms with van der Waals surface area (Å²) < 4.78 is 0. The number of hydrogen-bond donors (Lipinski definition) is 0. The first-order chi connectivity index (χ1) is 24.3. The highest BCUT2D eigenvalue weighted by atomic mass is 15.1. The molecule has 1 nitrogen and oxygen atoms in total. The molecule has 1 spiro atoms. The Morgan fingerprint density at radius 2 is 1.06 bits per heavy atom. The summed E-state index contributed by atoms with van der Waals surface area (Å²) >= 11 is 0. The summed E-state index contributed by atoms with van der Waals surface area (Å²) in [6.45, 7) is 0. The van der Waals surface area contributed by atoms with Gasteiger partial charge in [-0.15, -0.1) is 0 Å². The molecule has 0 saturated heterocycles. The SMILES string of the molecule is c1ccc(-c2ccc(N(c3ccc4c(c3)-c3ccccc3C43C4CC5CC(C4)CC3C5)c3ccc4ccccc4c3)c3ccccc23)cc1. The monoisotopic (exact) mass is 629 g/mol. The molecule has 0 atom stereocenters. The third-order valence-corrected chi connectivity index (χ3v) is 13.0. The normalized spacial score (nSPS) is 24.4. The summed E-state index contributed by atoms with van der Waals surface area (Å²) in [6.07, 6.45) is 7.11. The molecule has 5 aliphatic carbocycles. The molecule has 0 aliphatic heterocycles. The third-order valence-electron chi connectivity index (χ3n) is 13.0. The van der Waals surface area contributed by atoms with Crippen LogP contribution in [0.25, 0.3) is 43.8 Å². The molecule has 0 unspecified atom stereocenters. The number of fused-ring (bicyclic) bond motifs is 5. The highest BCUT2D eigenvalue weighted by Crippen LogP contribution is 2.69. The molecule has 7 aromatic rings. The molecule has 1 heteroatoms. The fraction of sp³-hybridized carbons (Fsp3) is 0.208. The second kappa shape index (κ2) is 10.4. The lowest BCUT2D eigenvalue weighted by Gasteiger charge is -2.61. The highest BCUT2D eigenvalue weighted by molar-refractivity contribution is 6.07. The van der Waals surface area contributed by atoms with Crippen LogP contribution in [0.4, 0.5) is 17.1 Å². The molecule has 4 fully saturated rings. The fourth-order valence-corrected chi connectivity index (χ4v) is 11.4. The lowest BCUT2D eigenvalue weighted by atomic mass is 9.43. The van der Waals surface area contributed by atoms with Crippen LogP contribution in [0, 0.1) is 23.7 Å². The van der Waals surface area contributed by atoms with E-state index < -0.39 is 0 Å². The maximum atomic E-state index is 2.56. The highest BCUT2D eigenvalue weighted by Gasteiger charge is 2.61.